The normalized spacial score (nSPS) is 22.6. The third kappa shape index (κ3) is 4.02. The van der Waals surface area contributed by atoms with E-state index in [1.165, 1.54) is 26.4 Å². The first-order valence-electron chi connectivity index (χ1n) is 8.02. The third-order valence-electron chi connectivity index (χ3n) is 4.44. The molecule has 136 valence electrons. The molecule has 1 N–H and O–H groups in total. The van der Waals surface area contributed by atoms with Crippen molar-refractivity contribution in [1.82, 2.24) is 0 Å². The number of methoxy groups -OCH3 is 2. The molecule has 1 aliphatic carbocycles. The van der Waals surface area contributed by atoms with E-state index in [1.54, 1.807) is 32.9 Å². The molecule has 2 unspecified atom stereocenters. The SMILES string of the molecule is COc1ccc(C(=O)OC2C=C(C)C(=O)CC(C)(C)C2O)cc1OC. The highest BCUT2D eigenvalue weighted by Crippen LogP contribution is 2.34. The van der Waals surface area contributed by atoms with Gasteiger partial charge in [-0.2, -0.15) is 0 Å². The minimum atomic E-state index is -0.988. The lowest BCUT2D eigenvalue weighted by atomic mass is 9.80. The van der Waals surface area contributed by atoms with Crippen LogP contribution in [0.1, 0.15) is 37.6 Å². The highest BCUT2D eigenvalue weighted by atomic mass is 16.6. The highest BCUT2D eigenvalue weighted by Gasteiger charge is 2.40. The lowest BCUT2D eigenvalue weighted by Gasteiger charge is -2.32. The zero-order chi connectivity index (χ0) is 18.8. The van der Waals surface area contributed by atoms with Gasteiger partial charge >= 0.3 is 5.97 Å². The van der Waals surface area contributed by atoms with Gasteiger partial charge in [0, 0.05) is 11.8 Å². The second-order valence-electron chi connectivity index (χ2n) is 6.82. The summed E-state index contributed by atoms with van der Waals surface area (Å²) >= 11 is 0. The molecule has 0 spiro atoms. The summed E-state index contributed by atoms with van der Waals surface area (Å²) in [6.07, 6.45) is -0.179. The van der Waals surface area contributed by atoms with E-state index in [0.717, 1.165) is 0 Å². The zero-order valence-corrected chi connectivity index (χ0v) is 15.2. The van der Waals surface area contributed by atoms with E-state index in [-0.39, 0.29) is 17.8 Å². The summed E-state index contributed by atoms with van der Waals surface area (Å²) in [7, 11) is 2.98. The van der Waals surface area contributed by atoms with Crippen LogP contribution in [0.5, 0.6) is 11.5 Å². The molecule has 1 aromatic rings. The summed E-state index contributed by atoms with van der Waals surface area (Å²) < 4.78 is 15.8. The van der Waals surface area contributed by atoms with Crippen molar-refractivity contribution >= 4 is 11.8 Å². The van der Waals surface area contributed by atoms with Crippen molar-refractivity contribution in [3.05, 3.63) is 35.4 Å². The smallest absolute Gasteiger partial charge is 0.338 e. The average molecular weight is 348 g/mol. The second-order valence-corrected chi connectivity index (χ2v) is 6.82. The van der Waals surface area contributed by atoms with Crippen molar-refractivity contribution in [3.63, 3.8) is 0 Å². The molecule has 0 aliphatic heterocycles. The molecular weight excluding hydrogens is 324 g/mol. The molecule has 25 heavy (non-hydrogen) atoms. The molecule has 0 heterocycles. The number of rotatable bonds is 4. The van der Waals surface area contributed by atoms with Crippen molar-refractivity contribution < 1.29 is 28.9 Å². The van der Waals surface area contributed by atoms with Gasteiger partial charge < -0.3 is 19.3 Å². The standard InChI is InChI=1S/C19H24O6/c1-11-8-16(17(21)19(2,3)10-13(11)20)25-18(22)12-6-7-14(23-4)15(9-12)24-5/h6-9,16-17,21H,10H2,1-5H3. The summed E-state index contributed by atoms with van der Waals surface area (Å²) in [6.45, 7) is 5.21. The molecular formula is C19H24O6. The fourth-order valence-corrected chi connectivity index (χ4v) is 2.79. The van der Waals surface area contributed by atoms with Gasteiger partial charge in [-0.15, -0.1) is 0 Å². The number of aliphatic hydroxyl groups is 1. The number of hydrogen-bond donors (Lipinski definition) is 1. The van der Waals surface area contributed by atoms with Gasteiger partial charge in [0.05, 0.1) is 19.8 Å². The van der Waals surface area contributed by atoms with Gasteiger partial charge in [0.2, 0.25) is 0 Å². The number of Topliss-reactive ketones (excluding diaryl/α,β-unsaturated/α-hetero) is 1. The first-order valence-corrected chi connectivity index (χ1v) is 8.02. The topological polar surface area (TPSA) is 82.1 Å². The summed E-state index contributed by atoms with van der Waals surface area (Å²) in [6, 6.07) is 4.67. The largest absolute Gasteiger partial charge is 0.493 e. The van der Waals surface area contributed by atoms with E-state index in [0.29, 0.717) is 17.1 Å². The molecule has 2 atom stereocenters. The molecule has 0 amide bonds. The number of carbonyl (C=O) groups excluding carboxylic acids is 2. The Kier molecular flexibility index (Phi) is 5.52. The number of carbonyl (C=O) groups is 2. The number of esters is 1. The van der Waals surface area contributed by atoms with Gasteiger partial charge in [0.1, 0.15) is 12.2 Å². The maximum Gasteiger partial charge on any atom is 0.338 e. The van der Waals surface area contributed by atoms with Crippen molar-refractivity contribution in [2.75, 3.05) is 14.2 Å². The first-order chi connectivity index (χ1) is 11.7. The molecule has 1 aliphatic rings. The predicted molar refractivity (Wildman–Crippen MR) is 91.9 cm³/mol. The molecule has 0 fully saturated rings. The van der Waals surface area contributed by atoms with Crippen LogP contribution >= 0.6 is 0 Å². The van der Waals surface area contributed by atoms with E-state index in [1.807, 2.05) is 0 Å². The van der Waals surface area contributed by atoms with Crippen molar-refractivity contribution in [3.8, 4) is 11.5 Å². The molecule has 0 bridgehead atoms. The van der Waals surface area contributed by atoms with E-state index < -0.39 is 23.6 Å². The molecule has 6 heteroatoms. The van der Waals surface area contributed by atoms with Crippen LogP contribution in [0, 0.1) is 5.41 Å². The maximum atomic E-state index is 12.5. The number of ketones is 1. The number of allylic oxidation sites excluding steroid dienone is 1. The Morgan fingerprint density at radius 3 is 2.44 bits per heavy atom. The van der Waals surface area contributed by atoms with E-state index in [4.69, 9.17) is 14.2 Å². The van der Waals surface area contributed by atoms with E-state index in [9.17, 15) is 14.7 Å². The Hall–Kier alpha value is -2.34. The molecule has 0 aromatic heterocycles. The maximum absolute atomic E-state index is 12.5. The van der Waals surface area contributed by atoms with Crippen LogP contribution in [0.25, 0.3) is 0 Å². The summed E-state index contributed by atoms with van der Waals surface area (Å²) in [5.74, 6) is 0.226. The number of ether oxygens (including phenoxy) is 3. The highest BCUT2D eigenvalue weighted by molar-refractivity contribution is 5.96. The van der Waals surface area contributed by atoms with E-state index in [2.05, 4.69) is 0 Å². The number of aliphatic hydroxyl groups excluding tert-OH is 1. The molecule has 0 radical (unpaired) electrons. The van der Waals surface area contributed by atoms with Crippen molar-refractivity contribution in [1.29, 1.82) is 0 Å². The first kappa shape index (κ1) is 19.0. The zero-order valence-electron chi connectivity index (χ0n) is 15.2. The molecule has 0 saturated carbocycles. The van der Waals surface area contributed by atoms with Gasteiger partial charge in [-0.05, 0) is 36.8 Å². The fourth-order valence-electron chi connectivity index (χ4n) is 2.79. The van der Waals surface area contributed by atoms with Crippen LogP contribution in [-0.4, -0.2) is 43.3 Å². The van der Waals surface area contributed by atoms with Crippen LogP contribution in [0.15, 0.2) is 29.8 Å². The third-order valence-corrected chi connectivity index (χ3v) is 4.44. The van der Waals surface area contributed by atoms with Crippen LogP contribution in [0.2, 0.25) is 0 Å². The van der Waals surface area contributed by atoms with Gasteiger partial charge in [-0.3, -0.25) is 4.79 Å². The van der Waals surface area contributed by atoms with Crippen LogP contribution in [-0.2, 0) is 9.53 Å². The monoisotopic (exact) mass is 348 g/mol. The van der Waals surface area contributed by atoms with Crippen molar-refractivity contribution in [2.24, 2.45) is 5.41 Å². The quantitative estimate of drug-likeness (QED) is 0.842. The lowest BCUT2D eigenvalue weighted by Crippen LogP contribution is -2.40. The Balaban J connectivity index is 2.27. The van der Waals surface area contributed by atoms with Gasteiger partial charge in [-0.25, -0.2) is 4.79 Å². The molecule has 1 aromatic carbocycles. The van der Waals surface area contributed by atoms with Crippen LogP contribution < -0.4 is 9.47 Å². The fraction of sp³-hybridized carbons (Fsp3) is 0.474. The summed E-state index contributed by atoms with van der Waals surface area (Å²) in [5, 5.41) is 10.6. The minimum Gasteiger partial charge on any atom is -0.493 e. The minimum absolute atomic E-state index is 0.0614. The lowest BCUT2D eigenvalue weighted by molar-refractivity contribution is -0.119. The Morgan fingerprint density at radius 2 is 1.84 bits per heavy atom. The van der Waals surface area contributed by atoms with Gasteiger partial charge in [0.25, 0.3) is 0 Å². The average Bonchev–Trinajstić information content (AvgIpc) is 2.64. The second kappa shape index (κ2) is 7.27. The van der Waals surface area contributed by atoms with E-state index >= 15 is 0 Å². The molecule has 6 nitrogen and oxygen atoms in total. The Labute approximate surface area is 147 Å². The van der Waals surface area contributed by atoms with Gasteiger partial charge in [0.15, 0.2) is 17.3 Å². The summed E-state index contributed by atoms with van der Waals surface area (Å²) in [4.78, 5) is 24.6. The molecule has 2 rings (SSSR count). The van der Waals surface area contributed by atoms with Crippen molar-refractivity contribution in [2.45, 2.75) is 39.4 Å². The Bertz CT molecular complexity index is 704. The number of hydrogen-bond acceptors (Lipinski definition) is 6. The summed E-state index contributed by atoms with van der Waals surface area (Å²) in [5.41, 5.74) is 0.0486. The predicted octanol–water partition coefficient (Wildman–Crippen LogP) is 2.54. The van der Waals surface area contributed by atoms with Crippen LogP contribution in [0.3, 0.4) is 0 Å². The van der Waals surface area contributed by atoms with Crippen LogP contribution in [0.4, 0.5) is 0 Å². The Morgan fingerprint density at radius 1 is 1.20 bits per heavy atom. The molecule has 0 saturated heterocycles. The van der Waals surface area contributed by atoms with Gasteiger partial charge in [-0.1, -0.05) is 13.8 Å². The number of benzene rings is 1.